The van der Waals surface area contributed by atoms with Crippen LogP contribution in [0, 0.1) is 16.7 Å². The third kappa shape index (κ3) is 8.17. The molecule has 214 valence electrons. The quantitative estimate of drug-likeness (QED) is 0.195. The van der Waals surface area contributed by atoms with Crippen molar-refractivity contribution in [2.45, 2.75) is 115 Å². The second-order valence-corrected chi connectivity index (χ2v) is 14.2. The summed E-state index contributed by atoms with van der Waals surface area (Å²) in [5.41, 5.74) is 1.88. The Bertz CT molecular complexity index is 1030. The first-order valence-corrected chi connectivity index (χ1v) is 16.4. The van der Waals surface area contributed by atoms with Crippen LogP contribution in [0.1, 0.15) is 115 Å². The van der Waals surface area contributed by atoms with Gasteiger partial charge in [0.05, 0.1) is 11.1 Å². The van der Waals surface area contributed by atoms with Crippen molar-refractivity contribution in [2.75, 3.05) is 20.6 Å². The van der Waals surface area contributed by atoms with E-state index in [0.717, 1.165) is 6.54 Å². The molecule has 4 unspecified atom stereocenters. The molecule has 1 aromatic rings. The smallest absolute Gasteiger partial charge is 0.294 e. The molecule has 1 aromatic carbocycles. The Morgan fingerprint density at radius 3 is 1.95 bits per heavy atom. The second kappa shape index (κ2) is 13.6. The third-order valence-electron chi connectivity index (χ3n) is 10.1. The van der Waals surface area contributed by atoms with Crippen LogP contribution < -0.4 is 0 Å². The number of hydrogen-bond donors (Lipinski definition) is 1. The SMILES string of the molecule is C=[N+](/C=C\N(C)C)CCC(C)C12CCCCCCC(C(C)c3ccc(S(=O)(=O)O)cc3)(CCCC1)CCC2. The van der Waals surface area contributed by atoms with E-state index in [4.69, 9.17) is 0 Å². The minimum atomic E-state index is -4.16. The van der Waals surface area contributed by atoms with Gasteiger partial charge < -0.3 is 4.90 Å². The predicted molar refractivity (Wildman–Crippen MR) is 158 cm³/mol. The summed E-state index contributed by atoms with van der Waals surface area (Å²) in [4.78, 5) is 2.04. The van der Waals surface area contributed by atoms with Gasteiger partial charge in [-0.2, -0.15) is 8.42 Å². The van der Waals surface area contributed by atoms with Crippen LogP contribution in [-0.4, -0.2) is 49.8 Å². The maximum Gasteiger partial charge on any atom is 0.294 e. The minimum Gasteiger partial charge on any atom is -0.379 e. The van der Waals surface area contributed by atoms with Gasteiger partial charge in [-0.15, -0.1) is 0 Å². The zero-order valence-electron chi connectivity index (χ0n) is 24.5. The van der Waals surface area contributed by atoms with Gasteiger partial charge in [-0.25, -0.2) is 4.58 Å². The molecule has 2 bridgehead atoms. The summed E-state index contributed by atoms with van der Waals surface area (Å²) < 4.78 is 34.7. The maximum absolute atomic E-state index is 11.6. The monoisotopic (exact) mass is 545 g/mol. The Morgan fingerprint density at radius 1 is 0.895 bits per heavy atom. The molecule has 2 aliphatic carbocycles. The zero-order chi connectivity index (χ0) is 27.8. The molecule has 6 heteroatoms. The lowest BCUT2D eigenvalue weighted by Crippen LogP contribution is -2.31. The van der Waals surface area contributed by atoms with Crippen molar-refractivity contribution < 1.29 is 17.5 Å². The van der Waals surface area contributed by atoms with Gasteiger partial charge in [0, 0.05) is 20.5 Å². The van der Waals surface area contributed by atoms with E-state index in [2.05, 4.69) is 42.4 Å². The Kier molecular flexibility index (Phi) is 11.1. The van der Waals surface area contributed by atoms with E-state index in [0.29, 0.717) is 17.3 Å². The highest BCUT2D eigenvalue weighted by Gasteiger charge is 2.41. The number of nitrogens with zero attached hydrogens (tertiary/aromatic N) is 2. The van der Waals surface area contributed by atoms with Crippen molar-refractivity contribution >= 4 is 16.8 Å². The lowest BCUT2D eigenvalue weighted by Gasteiger charge is -2.41. The van der Waals surface area contributed by atoms with Crippen LogP contribution in [0.4, 0.5) is 0 Å². The van der Waals surface area contributed by atoms with Gasteiger partial charge in [0.25, 0.3) is 10.1 Å². The third-order valence-corrected chi connectivity index (χ3v) is 11.0. The van der Waals surface area contributed by atoms with Crippen LogP contribution in [-0.2, 0) is 10.1 Å². The summed E-state index contributed by atoms with van der Waals surface area (Å²) in [6.07, 6.45) is 22.2. The number of hydrogen-bond acceptors (Lipinski definition) is 3. The molecule has 1 N–H and O–H groups in total. The number of rotatable bonds is 9. The highest BCUT2D eigenvalue weighted by Crippen LogP contribution is 2.53. The molecule has 0 aromatic heterocycles. The average molecular weight is 546 g/mol. The van der Waals surface area contributed by atoms with Gasteiger partial charge in [0.1, 0.15) is 13.3 Å². The van der Waals surface area contributed by atoms with Gasteiger partial charge >= 0.3 is 0 Å². The van der Waals surface area contributed by atoms with Crippen molar-refractivity contribution in [1.29, 1.82) is 0 Å². The second-order valence-electron chi connectivity index (χ2n) is 12.7. The van der Waals surface area contributed by atoms with Crippen LogP contribution in [0.2, 0.25) is 0 Å². The van der Waals surface area contributed by atoms with Crippen molar-refractivity contribution in [3.63, 3.8) is 0 Å². The molecule has 2 saturated carbocycles. The van der Waals surface area contributed by atoms with Crippen LogP contribution in [0.5, 0.6) is 0 Å². The molecule has 0 radical (unpaired) electrons. The van der Waals surface area contributed by atoms with Crippen molar-refractivity contribution in [2.24, 2.45) is 16.7 Å². The Labute approximate surface area is 233 Å². The molecule has 0 heterocycles. The first-order chi connectivity index (χ1) is 18.0. The van der Waals surface area contributed by atoms with Crippen molar-refractivity contribution in [1.82, 2.24) is 4.90 Å². The normalized spacial score (nSPS) is 27.2. The van der Waals surface area contributed by atoms with E-state index in [1.54, 1.807) is 12.1 Å². The Balaban J connectivity index is 1.80. The molecule has 3 rings (SSSR count). The summed E-state index contributed by atoms with van der Waals surface area (Å²) in [5, 5.41) is 0. The van der Waals surface area contributed by atoms with E-state index >= 15 is 0 Å². The van der Waals surface area contributed by atoms with E-state index in [1.807, 2.05) is 26.2 Å². The summed E-state index contributed by atoms with van der Waals surface area (Å²) in [6, 6.07) is 7.01. The topological polar surface area (TPSA) is 60.6 Å². The predicted octanol–water partition coefficient (Wildman–Crippen LogP) is 7.88. The van der Waals surface area contributed by atoms with Gasteiger partial charge in [-0.3, -0.25) is 4.55 Å². The molecular formula is C32H53N2O3S+. The van der Waals surface area contributed by atoms with E-state index in [-0.39, 0.29) is 10.3 Å². The van der Waals surface area contributed by atoms with Gasteiger partial charge in [-0.1, -0.05) is 70.9 Å². The van der Waals surface area contributed by atoms with Crippen LogP contribution in [0.3, 0.4) is 0 Å². The summed E-state index contributed by atoms with van der Waals surface area (Å²) >= 11 is 0. The number of benzene rings is 1. The fourth-order valence-electron chi connectivity index (χ4n) is 7.44. The van der Waals surface area contributed by atoms with Crippen molar-refractivity contribution in [3.8, 4) is 0 Å². The molecule has 0 spiro atoms. The van der Waals surface area contributed by atoms with Gasteiger partial charge in [0.15, 0.2) is 6.20 Å². The minimum absolute atomic E-state index is 0.0142. The fraction of sp³-hybridized carbons (Fsp3) is 0.719. The highest BCUT2D eigenvalue weighted by molar-refractivity contribution is 7.85. The Hall–Kier alpha value is -1.66. The lowest BCUT2D eigenvalue weighted by molar-refractivity contribution is -0.451. The standard InChI is InChI=1S/C32H52N2O3S/c1-27(17-24-34(5)26-25-33(3)4)31-18-8-6-7-9-20-32(23-12-22-31,21-11-10-19-31)28(2)29-13-15-30(16-14-29)38(35,36)37/h13-16,25-28H,5-12,17-24H2,1-4H3/p+1/b26-25-. The Morgan fingerprint density at radius 2 is 1.39 bits per heavy atom. The van der Waals surface area contributed by atoms with Crippen LogP contribution in [0.15, 0.2) is 41.6 Å². The first kappa shape index (κ1) is 30.9. The molecular weight excluding hydrogens is 492 g/mol. The molecule has 2 fully saturated rings. The van der Waals surface area contributed by atoms with E-state index in [1.165, 1.54) is 95.5 Å². The molecule has 0 aliphatic heterocycles. The van der Waals surface area contributed by atoms with Crippen molar-refractivity contribution in [3.05, 3.63) is 42.2 Å². The number of fused-ring (bicyclic) bond motifs is 4. The van der Waals surface area contributed by atoms with Gasteiger partial charge in [-0.05, 0) is 78.9 Å². The molecule has 38 heavy (non-hydrogen) atoms. The molecule has 0 saturated heterocycles. The summed E-state index contributed by atoms with van der Waals surface area (Å²) in [6.45, 7) is 10.1. The highest BCUT2D eigenvalue weighted by atomic mass is 32.2. The van der Waals surface area contributed by atoms with Gasteiger partial charge in [0.2, 0.25) is 0 Å². The lowest BCUT2D eigenvalue weighted by atomic mass is 9.64. The van der Waals surface area contributed by atoms with E-state index in [9.17, 15) is 13.0 Å². The molecule has 5 nitrogen and oxygen atoms in total. The van der Waals surface area contributed by atoms with E-state index < -0.39 is 10.1 Å². The maximum atomic E-state index is 11.6. The molecule has 2 aliphatic rings. The zero-order valence-corrected chi connectivity index (χ0v) is 25.3. The summed E-state index contributed by atoms with van der Waals surface area (Å²) in [5.74, 6) is 1.05. The fourth-order valence-corrected chi connectivity index (χ4v) is 7.92. The molecule has 4 atom stereocenters. The largest absolute Gasteiger partial charge is 0.379 e. The average Bonchev–Trinajstić information content (AvgIpc) is 2.93. The van der Waals surface area contributed by atoms with Crippen LogP contribution >= 0.6 is 0 Å². The van der Waals surface area contributed by atoms with Crippen LogP contribution in [0.25, 0.3) is 0 Å². The summed E-state index contributed by atoms with van der Waals surface area (Å²) in [7, 11) is -0.0766. The first-order valence-electron chi connectivity index (χ1n) is 15.0. The molecule has 0 amide bonds.